The van der Waals surface area contributed by atoms with Crippen LogP contribution in [0.2, 0.25) is 0 Å². The lowest BCUT2D eigenvalue weighted by molar-refractivity contribution is -0.136. The van der Waals surface area contributed by atoms with Crippen molar-refractivity contribution in [3.8, 4) is 0 Å². The van der Waals surface area contributed by atoms with Gasteiger partial charge in [-0.1, -0.05) is 30.3 Å². The highest BCUT2D eigenvalue weighted by molar-refractivity contribution is 6.06. The molecule has 8 nitrogen and oxygen atoms in total. The Labute approximate surface area is 219 Å². The maximum absolute atomic E-state index is 13.6. The molecule has 3 amide bonds. The van der Waals surface area contributed by atoms with Gasteiger partial charge in [0.05, 0.1) is 25.5 Å². The van der Waals surface area contributed by atoms with Crippen LogP contribution in [0.3, 0.4) is 0 Å². The van der Waals surface area contributed by atoms with Gasteiger partial charge in [0.2, 0.25) is 11.8 Å². The number of ether oxygens (including phenoxy) is 1. The van der Waals surface area contributed by atoms with Gasteiger partial charge in [0.1, 0.15) is 6.02 Å². The minimum atomic E-state index is -3.81. The highest BCUT2D eigenvalue weighted by Crippen LogP contribution is 2.32. The number of hydrogen-bond donors (Lipinski definition) is 2. The Balaban J connectivity index is 1.51. The molecule has 1 atom stereocenters. The van der Waals surface area contributed by atoms with E-state index in [0.717, 1.165) is 42.5 Å². The van der Waals surface area contributed by atoms with Gasteiger partial charge in [0.15, 0.2) is 0 Å². The number of hydrogen-bond acceptors (Lipinski definition) is 6. The third-order valence-corrected chi connectivity index (χ3v) is 4.57. The van der Waals surface area contributed by atoms with Gasteiger partial charge in [-0.3, -0.25) is 24.6 Å². The van der Waals surface area contributed by atoms with Crippen molar-refractivity contribution in [2.24, 2.45) is 0 Å². The summed E-state index contributed by atoms with van der Waals surface area (Å²) in [7, 11) is 0. The number of fused-ring (bicyclic) bond motifs is 1. The summed E-state index contributed by atoms with van der Waals surface area (Å²) in [6.07, 6.45) is -7.41. The number of carbonyl (C=O) groups is 3. The van der Waals surface area contributed by atoms with Crippen molar-refractivity contribution < 1.29 is 45.2 Å². The molecule has 0 aliphatic carbocycles. The predicted octanol–water partition coefficient (Wildman–Crippen LogP) is 1.89. The molecule has 3 aliphatic heterocycles. The van der Waals surface area contributed by atoms with Gasteiger partial charge in [-0.25, -0.2) is 0 Å². The molecule has 2 aromatic carbocycles. The zero-order chi connectivity index (χ0) is 39.8. The van der Waals surface area contributed by atoms with Crippen LogP contribution in [-0.4, -0.2) is 59.7 Å². The van der Waals surface area contributed by atoms with Crippen molar-refractivity contribution >= 4 is 23.4 Å². The zero-order valence-electron chi connectivity index (χ0n) is 35.6. The molecule has 2 aromatic rings. The average Bonchev–Trinajstić information content (AvgIpc) is 3.19. The molecule has 0 aromatic heterocycles. The third-order valence-electron chi connectivity index (χ3n) is 4.57. The lowest BCUT2D eigenvalue weighted by Crippen LogP contribution is -2.52. The zero-order valence-corrected chi connectivity index (χ0v) is 16.6. The van der Waals surface area contributed by atoms with Crippen LogP contribution in [0.4, 0.5) is 5.69 Å². The number of rotatable bonds is 6. The second-order valence-electron chi connectivity index (χ2n) is 6.67. The monoisotopic (exact) mass is 467 g/mol. The number of anilines is 1. The molecule has 172 valence electrons. The number of amides is 3. The Morgan fingerprint density at radius 1 is 1.12 bits per heavy atom. The van der Waals surface area contributed by atoms with Crippen molar-refractivity contribution in [1.29, 1.82) is 0 Å². The molecular formula is C25H28N4O4. The summed E-state index contributed by atoms with van der Waals surface area (Å²) in [5.74, 6) is -5.06. The number of piperidine rings is 1. The third kappa shape index (κ3) is 4.62. The fourth-order valence-corrected chi connectivity index (χ4v) is 3.06. The first-order valence-electron chi connectivity index (χ1n) is 18.9. The van der Waals surface area contributed by atoms with Crippen LogP contribution in [0.5, 0.6) is 0 Å². The Hall–Kier alpha value is -3.23. The van der Waals surface area contributed by atoms with Crippen molar-refractivity contribution in [2.45, 2.75) is 38.3 Å². The SMILES string of the molecule is [2H]C([2H])(Nc1cccc2c1C([2H])([2H])N([C@]1([2H])C(=O)NC(=O)C([2H])([2H])C1([2H])[2H])C2=O)c1ccc(C([2H])([2H])N2C([2H])([2H])C([2H])([2H])OC([2H])([2H])C2([2H])[2H])cc1. The van der Waals surface area contributed by atoms with Crippen LogP contribution in [0.15, 0.2) is 42.5 Å². The number of benzene rings is 2. The fraction of sp³-hybridized carbons (Fsp3) is 0.400. The van der Waals surface area contributed by atoms with Gasteiger partial charge in [-0.15, -0.1) is 0 Å². The highest BCUT2D eigenvalue weighted by Gasteiger charge is 2.39. The van der Waals surface area contributed by atoms with Crippen LogP contribution >= 0.6 is 0 Å². The predicted molar refractivity (Wildman–Crippen MR) is 122 cm³/mol. The van der Waals surface area contributed by atoms with E-state index in [4.69, 9.17) is 26.0 Å². The molecule has 3 aliphatic rings. The molecule has 3 heterocycles. The Kier molecular flexibility index (Phi) is 2.50. The quantitative estimate of drug-likeness (QED) is 0.631. The molecule has 0 bridgehead atoms. The van der Waals surface area contributed by atoms with Gasteiger partial charge in [-0.05, 0) is 29.6 Å². The molecule has 33 heavy (non-hydrogen) atoms. The van der Waals surface area contributed by atoms with Gasteiger partial charge in [0, 0.05) is 69.4 Å². The number of carbonyl (C=O) groups excluding carboxylic acids is 3. The first kappa shape index (κ1) is 8.85. The maximum atomic E-state index is 13.6. The molecule has 0 radical (unpaired) electrons. The molecule has 0 unspecified atom stereocenters. The Morgan fingerprint density at radius 3 is 2.67 bits per heavy atom. The molecule has 2 saturated heterocycles. The van der Waals surface area contributed by atoms with E-state index in [2.05, 4.69) is 10.1 Å². The standard InChI is InChI=1S/C25H28N4O4/c30-23-9-8-22(24(31)27-23)29-16-20-19(25(29)32)2-1-3-21(20)26-14-17-4-6-18(7-5-17)15-28-10-12-33-13-11-28/h1-7,22,26H,8-16H2,(H,27,30,31)/t22-/m0/s1/i8D2,9D2,10D2,11D2,12D2,13D2,14D2,15D2,16D2,22D. The number of morpholine rings is 1. The summed E-state index contributed by atoms with van der Waals surface area (Å²) in [5.41, 5.74) is -2.65. The number of nitrogens with zero attached hydrogens (tertiary/aromatic N) is 2. The van der Waals surface area contributed by atoms with Crippen molar-refractivity contribution in [3.05, 3.63) is 64.7 Å². The van der Waals surface area contributed by atoms with Crippen LogP contribution in [0.25, 0.3) is 0 Å². The maximum Gasteiger partial charge on any atom is 0.255 e. The van der Waals surface area contributed by atoms with E-state index in [9.17, 15) is 14.4 Å². The van der Waals surface area contributed by atoms with Crippen molar-refractivity contribution in [2.75, 3.05) is 31.4 Å². The minimum absolute atomic E-state index is 0.171. The molecule has 5 rings (SSSR count). The van der Waals surface area contributed by atoms with E-state index in [1.165, 1.54) is 5.32 Å². The number of nitrogens with one attached hydrogen (secondary N) is 2. The highest BCUT2D eigenvalue weighted by atomic mass is 16.5. The lowest BCUT2D eigenvalue weighted by Gasteiger charge is -2.29. The second-order valence-corrected chi connectivity index (χ2v) is 6.67. The van der Waals surface area contributed by atoms with E-state index in [1.807, 2.05) is 0 Å². The molecule has 2 N–H and O–H groups in total. The second kappa shape index (κ2) is 9.33. The molecule has 2 fully saturated rings. The van der Waals surface area contributed by atoms with E-state index >= 15 is 0 Å². The fourth-order valence-electron chi connectivity index (χ4n) is 3.06. The van der Waals surface area contributed by atoms with Crippen LogP contribution in [0, 0.1) is 0 Å². The topological polar surface area (TPSA) is 91.0 Å². The minimum Gasteiger partial charge on any atom is -0.381 e. The van der Waals surface area contributed by atoms with Crippen LogP contribution < -0.4 is 10.6 Å². The summed E-state index contributed by atoms with van der Waals surface area (Å²) in [5, 5.41) is 3.84. The van der Waals surface area contributed by atoms with Crippen molar-refractivity contribution in [1.82, 2.24) is 15.1 Å². The lowest BCUT2D eigenvalue weighted by atomic mass is 10.0. The van der Waals surface area contributed by atoms with E-state index in [1.54, 1.807) is 0 Å². The molecule has 0 spiro atoms. The molecule has 8 heteroatoms. The summed E-state index contributed by atoms with van der Waals surface area (Å²) in [4.78, 5) is 38.2. The van der Waals surface area contributed by atoms with E-state index in [-0.39, 0.29) is 15.4 Å². The first-order valence-corrected chi connectivity index (χ1v) is 9.43. The number of imide groups is 1. The normalized spacial score (nSPS) is 43.5. The summed E-state index contributed by atoms with van der Waals surface area (Å²) >= 11 is 0. The van der Waals surface area contributed by atoms with E-state index in [0.29, 0.717) is 0 Å². The average molecular weight is 468 g/mol. The Morgan fingerprint density at radius 2 is 1.88 bits per heavy atom. The van der Waals surface area contributed by atoms with Gasteiger partial charge < -0.3 is 15.0 Å². The van der Waals surface area contributed by atoms with E-state index < -0.39 is 104 Å². The van der Waals surface area contributed by atoms with Crippen LogP contribution in [-0.2, 0) is 33.8 Å². The van der Waals surface area contributed by atoms with Crippen LogP contribution in [0.1, 0.15) is 65.8 Å². The smallest absolute Gasteiger partial charge is 0.255 e. The largest absolute Gasteiger partial charge is 0.381 e. The summed E-state index contributed by atoms with van der Waals surface area (Å²) < 4.78 is 162. The van der Waals surface area contributed by atoms with Crippen molar-refractivity contribution in [3.63, 3.8) is 0 Å². The Bertz CT molecular complexity index is 1840. The van der Waals surface area contributed by atoms with Gasteiger partial charge in [0.25, 0.3) is 5.91 Å². The molecule has 0 saturated carbocycles. The summed E-state index contributed by atoms with van der Waals surface area (Å²) in [6.45, 7) is -23.7. The molecular weight excluding hydrogens is 420 g/mol. The summed E-state index contributed by atoms with van der Waals surface area (Å²) in [6, 6.07) is 3.22. The van der Waals surface area contributed by atoms with Gasteiger partial charge in [-0.2, -0.15) is 0 Å². The first-order chi connectivity index (χ1) is 23.2. The van der Waals surface area contributed by atoms with Gasteiger partial charge >= 0.3 is 0 Å².